The summed E-state index contributed by atoms with van der Waals surface area (Å²) in [5.74, 6) is 0.889. The van der Waals surface area contributed by atoms with Crippen molar-refractivity contribution in [3.63, 3.8) is 0 Å². The summed E-state index contributed by atoms with van der Waals surface area (Å²) >= 11 is 5.81. The first-order valence-electron chi connectivity index (χ1n) is 6.11. The molecule has 0 aliphatic carbocycles. The first-order valence-corrected chi connectivity index (χ1v) is 6.49. The van der Waals surface area contributed by atoms with Crippen molar-refractivity contribution in [3.05, 3.63) is 58.9 Å². The second-order valence-electron chi connectivity index (χ2n) is 4.16. The van der Waals surface area contributed by atoms with Crippen LogP contribution < -0.4 is 10.5 Å². The Morgan fingerprint density at radius 1 is 1.11 bits per heavy atom. The molecule has 19 heavy (non-hydrogen) atoms. The van der Waals surface area contributed by atoms with Crippen molar-refractivity contribution in [1.82, 2.24) is 0 Å². The van der Waals surface area contributed by atoms with Gasteiger partial charge in [0.15, 0.2) is 0 Å². The molecule has 4 heteroatoms. The van der Waals surface area contributed by atoms with E-state index >= 15 is 0 Å². The Morgan fingerprint density at radius 3 is 2.53 bits per heavy atom. The highest BCUT2D eigenvalue weighted by atomic mass is 35.5. The summed E-state index contributed by atoms with van der Waals surface area (Å²) in [5, 5.41) is 0.634. The van der Waals surface area contributed by atoms with Gasteiger partial charge in [0.2, 0.25) is 0 Å². The van der Waals surface area contributed by atoms with Crippen LogP contribution in [0.25, 0.3) is 0 Å². The zero-order valence-corrected chi connectivity index (χ0v) is 11.2. The molecule has 2 nitrogen and oxygen atoms in total. The summed E-state index contributed by atoms with van der Waals surface area (Å²) in [6, 6.07) is 11.8. The first kappa shape index (κ1) is 13.8. The monoisotopic (exact) mass is 279 g/mol. The lowest BCUT2D eigenvalue weighted by molar-refractivity contribution is 0.466. The lowest BCUT2D eigenvalue weighted by atomic mass is 10.1. The highest BCUT2D eigenvalue weighted by Gasteiger charge is 2.10. The Labute approximate surface area is 117 Å². The van der Waals surface area contributed by atoms with Gasteiger partial charge in [-0.15, -0.1) is 0 Å². The minimum Gasteiger partial charge on any atom is -0.457 e. The molecule has 2 N–H and O–H groups in total. The maximum Gasteiger partial charge on any atom is 0.133 e. The van der Waals surface area contributed by atoms with Crippen LogP contribution in [0.4, 0.5) is 4.39 Å². The van der Waals surface area contributed by atoms with E-state index in [0.717, 1.165) is 6.42 Å². The standard InChI is InChI=1S/C15H15ClFNO/c16-11-6-8-12(9-7-11)19-15-5-1-4-14(17)13(15)3-2-10-18/h1,4-9H,2-3,10,18H2. The van der Waals surface area contributed by atoms with Gasteiger partial charge in [-0.3, -0.25) is 0 Å². The molecular formula is C15H15ClFNO. The molecule has 0 aromatic heterocycles. The number of ether oxygens (including phenoxy) is 1. The molecule has 0 heterocycles. The van der Waals surface area contributed by atoms with Gasteiger partial charge in [-0.2, -0.15) is 0 Å². The summed E-state index contributed by atoms with van der Waals surface area (Å²) in [5.41, 5.74) is 6.03. The molecule has 2 rings (SSSR count). The first-order chi connectivity index (χ1) is 9.20. The minimum absolute atomic E-state index is 0.264. The predicted molar refractivity (Wildman–Crippen MR) is 75.3 cm³/mol. The molecule has 0 unspecified atom stereocenters. The van der Waals surface area contributed by atoms with E-state index in [9.17, 15) is 4.39 Å². The predicted octanol–water partition coefficient (Wildman–Crippen LogP) is 4.16. The van der Waals surface area contributed by atoms with Crippen LogP contribution in [0.2, 0.25) is 5.02 Å². The topological polar surface area (TPSA) is 35.2 Å². The summed E-state index contributed by atoms with van der Waals surface area (Å²) < 4.78 is 19.5. The van der Waals surface area contributed by atoms with E-state index < -0.39 is 0 Å². The van der Waals surface area contributed by atoms with Crippen LogP contribution in [-0.2, 0) is 6.42 Å². The third-order valence-corrected chi connectivity index (χ3v) is 3.00. The van der Waals surface area contributed by atoms with Crippen molar-refractivity contribution < 1.29 is 9.13 Å². The van der Waals surface area contributed by atoms with Crippen molar-refractivity contribution in [2.24, 2.45) is 5.73 Å². The van der Waals surface area contributed by atoms with Crippen molar-refractivity contribution >= 4 is 11.6 Å². The molecule has 0 saturated heterocycles. The van der Waals surface area contributed by atoms with Crippen LogP contribution >= 0.6 is 11.6 Å². The quantitative estimate of drug-likeness (QED) is 0.892. The van der Waals surface area contributed by atoms with E-state index in [0.29, 0.717) is 35.1 Å². The molecule has 2 aromatic carbocycles. The van der Waals surface area contributed by atoms with Crippen LogP contribution in [0.1, 0.15) is 12.0 Å². The maximum atomic E-state index is 13.8. The molecule has 2 aromatic rings. The second-order valence-corrected chi connectivity index (χ2v) is 4.60. The van der Waals surface area contributed by atoms with Gasteiger partial charge in [0.1, 0.15) is 17.3 Å². The van der Waals surface area contributed by atoms with Crippen molar-refractivity contribution in [1.29, 1.82) is 0 Å². The zero-order valence-electron chi connectivity index (χ0n) is 10.4. The van der Waals surface area contributed by atoms with E-state index in [4.69, 9.17) is 22.1 Å². The van der Waals surface area contributed by atoms with Gasteiger partial charge < -0.3 is 10.5 Å². The highest BCUT2D eigenvalue weighted by molar-refractivity contribution is 6.30. The third-order valence-electron chi connectivity index (χ3n) is 2.75. The largest absolute Gasteiger partial charge is 0.457 e. The molecule has 0 saturated carbocycles. The average Bonchev–Trinajstić information content (AvgIpc) is 2.41. The molecule has 100 valence electrons. The van der Waals surface area contributed by atoms with Gasteiger partial charge >= 0.3 is 0 Å². The Kier molecular flexibility index (Phi) is 4.77. The molecule has 0 radical (unpaired) electrons. The van der Waals surface area contributed by atoms with Gasteiger partial charge in [-0.05, 0) is 55.8 Å². The van der Waals surface area contributed by atoms with Crippen LogP contribution in [-0.4, -0.2) is 6.54 Å². The zero-order chi connectivity index (χ0) is 13.7. The van der Waals surface area contributed by atoms with E-state index in [1.165, 1.54) is 6.07 Å². The summed E-state index contributed by atoms with van der Waals surface area (Å²) in [6.45, 7) is 0.523. The number of halogens is 2. The van der Waals surface area contributed by atoms with Gasteiger partial charge in [-0.1, -0.05) is 17.7 Å². The molecule has 0 aliphatic heterocycles. The highest BCUT2D eigenvalue weighted by Crippen LogP contribution is 2.28. The molecule has 0 bridgehead atoms. The summed E-state index contributed by atoms with van der Waals surface area (Å²) in [4.78, 5) is 0. The van der Waals surface area contributed by atoms with E-state index in [2.05, 4.69) is 0 Å². The van der Waals surface area contributed by atoms with Gasteiger partial charge in [-0.25, -0.2) is 4.39 Å². The Hall–Kier alpha value is -1.58. The van der Waals surface area contributed by atoms with Gasteiger partial charge in [0.05, 0.1) is 0 Å². The molecule has 0 fully saturated rings. The Bertz CT molecular complexity index is 542. The number of hydrogen-bond donors (Lipinski definition) is 1. The van der Waals surface area contributed by atoms with E-state index in [1.54, 1.807) is 36.4 Å². The lowest BCUT2D eigenvalue weighted by Gasteiger charge is -2.11. The minimum atomic E-state index is -0.264. The molecule has 0 amide bonds. The fraction of sp³-hybridized carbons (Fsp3) is 0.200. The molecular weight excluding hydrogens is 265 g/mol. The normalized spacial score (nSPS) is 10.5. The Morgan fingerprint density at radius 2 is 1.84 bits per heavy atom. The molecule has 0 aliphatic rings. The van der Waals surface area contributed by atoms with Crippen LogP contribution in [0.15, 0.2) is 42.5 Å². The fourth-order valence-electron chi connectivity index (χ4n) is 1.79. The van der Waals surface area contributed by atoms with Gasteiger partial charge in [0.25, 0.3) is 0 Å². The maximum absolute atomic E-state index is 13.8. The number of rotatable bonds is 5. The SMILES string of the molecule is NCCCc1c(F)cccc1Oc1ccc(Cl)cc1. The van der Waals surface area contributed by atoms with Gasteiger partial charge in [0, 0.05) is 10.6 Å². The number of nitrogens with two attached hydrogens (primary N) is 1. The number of hydrogen-bond acceptors (Lipinski definition) is 2. The second kappa shape index (κ2) is 6.55. The average molecular weight is 280 g/mol. The van der Waals surface area contributed by atoms with Crippen LogP contribution in [0, 0.1) is 5.82 Å². The van der Waals surface area contributed by atoms with Crippen LogP contribution in [0.3, 0.4) is 0 Å². The molecule has 0 spiro atoms. The van der Waals surface area contributed by atoms with E-state index in [-0.39, 0.29) is 5.82 Å². The fourth-order valence-corrected chi connectivity index (χ4v) is 1.91. The van der Waals surface area contributed by atoms with Crippen molar-refractivity contribution in [2.75, 3.05) is 6.54 Å². The molecule has 0 atom stereocenters. The van der Waals surface area contributed by atoms with E-state index in [1.807, 2.05) is 0 Å². The third kappa shape index (κ3) is 3.69. The smallest absolute Gasteiger partial charge is 0.133 e. The summed E-state index contributed by atoms with van der Waals surface area (Å²) in [6.07, 6.45) is 1.28. The van der Waals surface area contributed by atoms with Crippen molar-refractivity contribution in [3.8, 4) is 11.5 Å². The van der Waals surface area contributed by atoms with Crippen LogP contribution in [0.5, 0.6) is 11.5 Å². The summed E-state index contributed by atoms with van der Waals surface area (Å²) in [7, 11) is 0. The number of benzene rings is 2. The lowest BCUT2D eigenvalue weighted by Crippen LogP contribution is -2.03. The Balaban J connectivity index is 2.23. The van der Waals surface area contributed by atoms with Crippen molar-refractivity contribution in [2.45, 2.75) is 12.8 Å².